The Kier molecular flexibility index (Phi) is 3.62. The first-order valence-electron chi connectivity index (χ1n) is 7.35. The lowest BCUT2D eigenvalue weighted by Crippen LogP contribution is -2.65. The molecule has 2 saturated heterocycles. The summed E-state index contributed by atoms with van der Waals surface area (Å²) in [5.74, 6) is 0.0268. The summed E-state index contributed by atoms with van der Waals surface area (Å²) in [4.78, 5) is 32.8. The van der Waals surface area contributed by atoms with Gasteiger partial charge in [0, 0.05) is 44.6 Å². The molecule has 0 aliphatic carbocycles. The Bertz CT molecular complexity index is 659. The normalized spacial score (nSPS) is 22.7. The standard InChI is InChI=1S/C15H19N5O2/c1-10-11(6-16)5-12(17-10)7-19-3-4-20-13(8-19)15(22)18(2)9-14(20)21/h5,13,17H,3-4,7-9H2,1-2H3/t13-/m0/s1. The average Bonchev–Trinajstić information content (AvgIpc) is 2.84. The predicted octanol–water partition coefficient (Wildman–Crippen LogP) is -0.320. The van der Waals surface area contributed by atoms with Crippen molar-refractivity contribution in [3.05, 3.63) is 23.0 Å². The second kappa shape index (κ2) is 5.46. The number of fused-ring (bicyclic) bond motifs is 1. The molecule has 2 amide bonds. The number of nitrogens with one attached hydrogen (secondary N) is 1. The van der Waals surface area contributed by atoms with Crippen LogP contribution in [-0.2, 0) is 16.1 Å². The summed E-state index contributed by atoms with van der Waals surface area (Å²) >= 11 is 0. The number of piperazine rings is 2. The number of H-pyrrole nitrogens is 1. The van der Waals surface area contributed by atoms with E-state index in [1.165, 1.54) is 4.90 Å². The topological polar surface area (TPSA) is 83.4 Å². The molecule has 7 heteroatoms. The van der Waals surface area contributed by atoms with Gasteiger partial charge in [-0.15, -0.1) is 0 Å². The van der Waals surface area contributed by atoms with E-state index in [0.29, 0.717) is 25.2 Å². The molecule has 0 saturated carbocycles. The van der Waals surface area contributed by atoms with Crippen molar-refractivity contribution in [3.8, 4) is 6.07 Å². The molecule has 1 N–H and O–H groups in total. The number of aromatic nitrogens is 1. The summed E-state index contributed by atoms with van der Waals surface area (Å²) in [6.07, 6.45) is 0. The molecule has 1 aromatic rings. The summed E-state index contributed by atoms with van der Waals surface area (Å²) in [5, 5.41) is 9.01. The number of nitrogens with zero attached hydrogens (tertiary/aromatic N) is 4. The first-order chi connectivity index (χ1) is 10.5. The number of rotatable bonds is 2. The highest BCUT2D eigenvalue weighted by molar-refractivity contribution is 5.95. The lowest BCUT2D eigenvalue weighted by molar-refractivity contribution is -0.158. The minimum absolute atomic E-state index is 0.00433. The van der Waals surface area contributed by atoms with Gasteiger partial charge in [0.15, 0.2) is 0 Å². The molecule has 116 valence electrons. The molecular weight excluding hydrogens is 282 g/mol. The molecule has 3 rings (SSSR count). The lowest BCUT2D eigenvalue weighted by atomic mass is 10.1. The maximum absolute atomic E-state index is 12.3. The van der Waals surface area contributed by atoms with E-state index in [9.17, 15) is 9.59 Å². The van der Waals surface area contributed by atoms with Crippen molar-refractivity contribution < 1.29 is 9.59 Å². The molecule has 22 heavy (non-hydrogen) atoms. The maximum Gasteiger partial charge on any atom is 0.246 e. The van der Waals surface area contributed by atoms with Crippen molar-refractivity contribution in [3.63, 3.8) is 0 Å². The van der Waals surface area contributed by atoms with E-state index in [0.717, 1.165) is 17.9 Å². The van der Waals surface area contributed by atoms with Crippen LogP contribution in [0.2, 0.25) is 0 Å². The summed E-state index contributed by atoms with van der Waals surface area (Å²) in [6, 6.07) is 3.62. The number of hydrogen-bond donors (Lipinski definition) is 1. The second-order valence-electron chi connectivity index (χ2n) is 5.98. The fourth-order valence-electron chi connectivity index (χ4n) is 3.19. The third-order valence-electron chi connectivity index (χ3n) is 4.40. The zero-order valence-electron chi connectivity index (χ0n) is 12.8. The van der Waals surface area contributed by atoms with Crippen LogP contribution in [0.1, 0.15) is 17.0 Å². The number of aromatic amines is 1. The summed E-state index contributed by atoms with van der Waals surface area (Å²) < 4.78 is 0. The first-order valence-corrected chi connectivity index (χ1v) is 7.35. The third kappa shape index (κ3) is 2.46. The highest BCUT2D eigenvalue weighted by atomic mass is 16.2. The smallest absolute Gasteiger partial charge is 0.246 e. The fraction of sp³-hybridized carbons (Fsp3) is 0.533. The van der Waals surface area contributed by atoms with Crippen LogP contribution in [0.25, 0.3) is 0 Å². The molecule has 0 aromatic carbocycles. The number of carbonyl (C=O) groups excluding carboxylic acids is 2. The molecule has 7 nitrogen and oxygen atoms in total. The maximum atomic E-state index is 12.3. The van der Waals surface area contributed by atoms with E-state index < -0.39 is 0 Å². The van der Waals surface area contributed by atoms with E-state index in [2.05, 4.69) is 16.0 Å². The molecule has 2 aliphatic rings. The van der Waals surface area contributed by atoms with Crippen LogP contribution < -0.4 is 0 Å². The Morgan fingerprint density at radius 1 is 1.41 bits per heavy atom. The van der Waals surface area contributed by atoms with Crippen molar-refractivity contribution in [2.24, 2.45) is 0 Å². The molecule has 0 radical (unpaired) electrons. The highest BCUT2D eigenvalue weighted by Crippen LogP contribution is 2.19. The average molecular weight is 301 g/mol. The molecule has 0 bridgehead atoms. The van der Waals surface area contributed by atoms with Crippen LogP contribution in [-0.4, -0.2) is 70.8 Å². The van der Waals surface area contributed by atoms with Gasteiger partial charge in [-0.2, -0.15) is 5.26 Å². The zero-order valence-corrected chi connectivity index (χ0v) is 12.8. The quantitative estimate of drug-likeness (QED) is 0.811. The SMILES string of the molecule is Cc1[nH]c(CN2CCN3C(=O)CN(C)C(=O)[C@@H]3C2)cc1C#N. The van der Waals surface area contributed by atoms with E-state index in [4.69, 9.17) is 5.26 Å². The molecular formula is C15H19N5O2. The van der Waals surface area contributed by atoms with Crippen LogP contribution in [0.4, 0.5) is 0 Å². The van der Waals surface area contributed by atoms with Gasteiger partial charge in [-0.05, 0) is 13.0 Å². The number of aryl methyl sites for hydroxylation is 1. The van der Waals surface area contributed by atoms with Crippen molar-refractivity contribution in [2.75, 3.05) is 33.2 Å². The molecule has 0 unspecified atom stereocenters. The Balaban J connectivity index is 1.71. The molecule has 2 fully saturated rings. The van der Waals surface area contributed by atoms with Gasteiger partial charge in [0.1, 0.15) is 12.1 Å². The number of hydrogen-bond acceptors (Lipinski definition) is 4. The third-order valence-corrected chi connectivity index (χ3v) is 4.40. The largest absolute Gasteiger partial charge is 0.360 e. The van der Waals surface area contributed by atoms with Gasteiger partial charge in [-0.3, -0.25) is 14.5 Å². The first kappa shape index (κ1) is 14.6. The van der Waals surface area contributed by atoms with E-state index >= 15 is 0 Å². The summed E-state index contributed by atoms with van der Waals surface area (Å²) in [5.41, 5.74) is 2.47. The van der Waals surface area contributed by atoms with Crippen LogP contribution in [0.5, 0.6) is 0 Å². The highest BCUT2D eigenvalue weighted by Gasteiger charge is 2.41. The van der Waals surface area contributed by atoms with Crippen molar-refractivity contribution in [2.45, 2.75) is 19.5 Å². The Morgan fingerprint density at radius 3 is 2.86 bits per heavy atom. The van der Waals surface area contributed by atoms with E-state index in [-0.39, 0.29) is 24.4 Å². The molecule has 1 aromatic heterocycles. The van der Waals surface area contributed by atoms with Crippen molar-refractivity contribution >= 4 is 11.8 Å². The molecule has 3 heterocycles. The van der Waals surface area contributed by atoms with Crippen LogP contribution in [0, 0.1) is 18.3 Å². The van der Waals surface area contributed by atoms with Gasteiger partial charge in [0.2, 0.25) is 11.8 Å². The number of carbonyl (C=O) groups is 2. The monoisotopic (exact) mass is 301 g/mol. The van der Waals surface area contributed by atoms with Gasteiger partial charge in [-0.25, -0.2) is 0 Å². The predicted molar refractivity (Wildman–Crippen MR) is 78.7 cm³/mol. The van der Waals surface area contributed by atoms with Gasteiger partial charge in [0.25, 0.3) is 0 Å². The summed E-state index contributed by atoms with van der Waals surface area (Å²) in [7, 11) is 1.67. The van der Waals surface area contributed by atoms with Gasteiger partial charge >= 0.3 is 0 Å². The van der Waals surface area contributed by atoms with Crippen LogP contribution in [0.3, 0.4) is 0 Å². The van der Waals surface area contributed by atoms with Crippen LogP contribution >= 0.6 is 0 Å². The lowest BCUT2D eigenvalue weighted by Gasteiger charge is -2.45. The molecule has 2 aliphatic heterocycles. The zero-order chi connectivity index (χ0) is 15.9. The van der Waals surface area contributed by atoms with E-state index in [1.54, 1.807) is 11.9 Å². The Morgan fingerprint density at radius 2 is 2.18 bits per heavy atom. The summed E-state index contributed by atoms with van der Waals surface area (Å²) in [6.45, 7) is 4.55. The van der Waals surface area contributed by atoms with Gasteiger partial charge in [-0.1, -0.05) is 0 Å². The number of likely N-dealkylation sites (N-methyl/N-ethyl adjacent to an activating group) is 1. The van der Waals surface area contributed by atoms with Gasteiger partial charge in [0.05, 0.1) is 12.1 Å². The minimum atomic E-state index is -0.383. The van der Waals surface area contributed by atoms with Crippen molar-refractivity contribution in [1.29, 1.82) is 5.26 Å². The fourth-order valence-corrected chi connectivity index (χ4v) is 3.19. The van der Waals surface area contributed by atoms with E-state index in [1.807, 2.05) is 13.0 Å². The molecule has 0 spiro atoms. The Labute approximate surface area is 129 Å². The van der Waals surface area contributed by atoms with Crippen LogP contribution in [0.15, 0.2) is 6.07 Å². The van der Waals surface area contributed by atoms with Gasteiger partial charge < -0.3 is 14.8 Å². The Hall–Kier alpha value is -2.33. The number of nitriles is 1. The second-order valence-corrected chi connectivity index (χ2v) is 5.98. The minimum Gasteiger partial charge on any atom is -0.360 e. The van der Waals surface area contributed by atoms with Crippen molar-refractivity contribution in [1.82, 2.24) is 19.7 Å². The number of amides is 2. The molecule has 1 atom stereocenters.